The van der Waals surface area contributed by atoms with Crippen LogP contribution in [0.25, 0.3) is 11.2 Å². The van der Waals surface area contributed by atoms with Crippen molar-refractivity contribution >= 4 is 40.4 Å². The van der Waals surface area contributed by atoms with E-state index < -0.39 is 54.3 Å². The molecule has 0 aliphatic carbocycles. The third kappa shape index (κ3) is 5.98. The fraction of sp³-hybridized carbons (Fsp3) is 0.500. The standard InChI is InChI=1S/C10H17N6O14P3/c11-7-3-8(14-1-13-7)16(2-15-3)9-5(18)4(17)6(26-9)10(27-12)28-32(22,23)30-33(24,25)29-31(19,20)21/h1-2,4-6,9-10,17-18H,12H2,(H,22,23)(H,24,25)(H2,11,13,14)(H2,19,20,21)/t4-,5+,6-,9+,10?/m0/s1. The number of nitrogens with two attached hydrogens (primary N) is 2. The molecule has 3 unspecified atom stereocenters. The number of nitrogen functional groups attached to an aromatic ring is 1. The number of hydrogen-bond donors (Lipinski definition) is 8. The first-order valence-electron chi connectivity index (χ1n) is 8.26. The third-order valence-electron chi connectivity index (χ3n) is 3.99. The van der Waals surface area contributed by atoms with Crippen LogP contribution in [-0.2, 0) is 36.4 Å². The summed E-state index contributed by atoms with van der Waals surface area (Å²) in [4.78, 5) is 51.9. The minimum absolute atomic E-state index is 0.000776. The van der Waals surface area contributed by atoms with Gasteiger partial charge in [0.15, 0.2) is 17.7 Å². The summed E-state index contributed by atoms with van der Waals surface area (Å²) in [6.45, 7) is 0. The van der Waals surface area contributed by atoms with E-state index in [1.807, 2.05) is 0 Å². The molecule has 33 heavy (non-hydrogen) atoms. The molecule has 7 atom stereocenters. The van der Waals surface area contributed by atoms with Crippen molar-refractivity contribution in [2.75, 3.05) is 5.73 Å². The second kappa shape index (κ2) is 9.31. The van der Waals surface area contributed by atoms with Crippen LogP contribution in [0.2, 0.25) is 0 Å². The van der Waals surface area contributed by atoms with Gasteiger partial charge in [0.25, 0.3) is 0 Å². The molecule has 0 amide bonds. The van der Waals surface area contributed by atoms with Crippen LogP contribution >= 0.6 is 23.5 Å². The Kier molecular flexibility index (Phi) is 7.38. The van der Waals surface area contributed by atoms with Gasteiger partial charge in [0, 0.05) is 0 Å². The van der Waals surface area contributed by atoms with Gasteiger partial charge in [-0.05, 0) is 0 Å². The zero-order valence-electron chi connectivity index (χ0n) is 15.8. The van der Waals surface area contributed by atoms with Gasteiger partial charge in [-0.3, -0.25) is 13.9 Å². The number of hydrogen-bond acceptors (Lipinski definition) is 15. The molecule has 0 spiro atoms. The van der Waals surface area contributed by atoms with Gasteiger partial charge in [-0.25, -0.2) is 34.5 Å². The predicted octanol–water partition coefficient (Wildman–Crippen LogP) is -2.41. The van der Waals surface area contributed by atoms with Crippen LogP contribution in [0.5, 0.6) is 0 Å². The lowest BCUT2D eigenvalue weighted by molar-refractivity contribution is -0.190. The van der Waals surface area contributed by atoms with Crippen LogP contribution in [0.3, 0.4) is 0 Å². The predicted molar refractivity (Wildman–Crippen MR) is 99.7 cm³/mol. The molecule has 1 aliphatic heterocycles. The number of ether oxygens (including phenoxy) is 1. The second-order valence-electron chi connectivity index (χ2n) is 6.26. The summed E-state index contributed by atoms with van der Waals surface area (Å²) in [5.41, 5.74) is 5.89. The molecule has 10 N–H and O–H groups in total. The van der Waals surface area contributed by atoms with E-state index in [1.165, 1.54) is 0 Å². The first-order chi connectivity index (χ1) is 15.1. The minimum Gasteiger partial charge on any atom is -0.387 e. The van der Waals surface area contributed by atoms with Gasteiger partial charge in [-0.2, -0.15) is 8.62 Å². The Morgan fingerprint density at radius 1 is 1.03 bits per heavy atom. The molecule has 0 saturated carbocycles. The Morgan fingerprint density at radius 2 is 1.70 bits per heavy atom. The van der Waals surface area contributed by atoms with Crippen LogP contribution in [-0.4, -0.2) is 73.9 Å². The number of phosphoric acid groups is 3. The zero-order chi connectivity index (χ0) is 24.8. The average molecular weight is 538 g/mol. The normalized spacial score (nSPS) is 28.5. The summed E-state index contributed by atoms with van der Waals surface area (Å²) in [5, 5.41) is 20.7. The number of imidazole rings is 1. The molecular weight excluding hydrogens is 521 g/mol. The molecule has 3 rings (SSSR count). The van der Waals surface area contributed by atoms with Gasteiger partial charge in [0.2, 0.25) is 6.29 Å². The number of nitrogens with zero attached hydrogens (tertiary/aromatic N) is 4. The maximum atomic E-state index is 12.0. The Balaban J connectivity index is 1.80. The van der Waals surface area contributed by atoms with E-state index in [2.05, 4.69) is 32.9 Å². The fourth-order valence-corrected chi connectivity index (χ4v) is 5.88. The third-order valence-corrected chi connectivity index (χ3v) is 7.79. The Bertz CT molecular complexity index is 1160. The van der Waals surface area contributed by atoms with Crippen molar-refractivity contribution in [1.82, 2.24) is 19.5 Å². The summed E-state index contributed by atoms with van der Waals surface area (Å²) >= 11 is 0. The number of aliphatic hydroxyl groups is 2. The lowest BCUT2D eigenvalue weighted by Gasteiger charge is -2.25. The number of aromatic nitrogens is 4. The van der Waals surface area contributed by atoms with Crippen molar-refractivity contribution < 1.29 is 66.2 Å². The molecule has 1 aliphatic rings. The van der Waals surface area contributed by atoms with Gasteiger partial charge in [0.1, 0.15) is 30.2 Å². The number of aliphatic hydroxyl groups excluding tert-OH is 2. The van der Waals surface area contributed by atoms with Crippen molar-refractivity contribution in [3.05, 3.63) is 12.7 Å². The number of anilines is 1. The summed E-state index contributed by atoms with van der Waals surface area (Å²) < 4.78 is 52.2. The van der Waals surface area contributed by atoms with Crippen molar-refractivity contribution in [3.8, 4) is 0 Å². The van der Waals surface area contributed by atoms with Gasteiger partial charge >= 0.3 is 23.5 Å². The molecule has 2 aromatic rings. The molecule has 1 fully saturated rings. The summed E-state index contributed by atoms with van der Waals surface area (Å²) in [7, 11) is -17.2. The Hall–Kier alpha value is -1.44. The lowest BCUT2D eigenvalue weighted by Crippen LogP contribution is -2.42. The van der Waals surface area contributed by atoms with E-state index in [4.69, 9.17) is 26.2 Å². The maximum absolute atomic E-state index is 12.0. The highest BCUT2D eigenvalue weighted by Gasteiger charge is 2.51. The molecule has 1 saturated heterocycles. The van der Waals surface area contributed by atoms with Gasteiger partial charge < -0.3 is 40.3 Å². The lowest BCUT2D eigenvalue weighted by atomic mass is 10.1. The van der Waals surface area contributed by atoms with E-state index >= 15 is 0 Å². The largest absolute Gasteiger partial charge is 0.490 e. The number of rotatable bonds is 9. The molecule has 186 valence electrons. The fourth-order valence-electron chi connectivity index (χ4n) is 2.79. The molecule has 0 aromatic carbocycles. The van der Waals surface area contributed by atoms with Crippen LogP contribution in [0, 0.1) is 0 Å². The highest BCUT2D eigenvalue weighted by molar-refractivity contribution is 7.66. The van der Waals surface area contributed by atoms with E-state index in [0.717, 1.165) is 17.2 Å². The quantitative estimate of drug-likeness (QED) is 0.0935. The summed E-state index contributed by atoms with van der Waals surface area (Å²) in [5.74, 6) is 4.98. The average Bonchev–Trinajstić information content (AvgIpc) is 3.20. The Labute approximate surface area is 182 Å². The van der Waals surface area contributed by atoms with E-state index in [9.17, 15) is 33.7 Å². The smallest absolute Gasteiger partial charge is 0.387 e. The first kappa shape index (κ1) is 26.2. The van der Waals surface area contributed by atoms with Crippen molar-refractivity contribution in [2.45, 2.75) is 30.8 Å². The topological polar surface area (TPSA) is 314 Å². The molecule has 0 radical (unpaired) electrons. The maximum Gasteiger partial charge on any atom is 0.490 e. The SMILES string of the molecule is NOC(OP(=O)(O)OP(=O)(O)OP(=O)(O)O)[C@H]1O[C@@H](n2cnc3c(N)ncnc32)[C@H](O)[C@@H]1O. The minimum atomic E-state index is -5.83. The van der Waals surface area contributed by atoms with E-state index in [1.54, 1.807) is 0 Å². The van der Waals surface area contributed by atoms with E-state index in [-0.39, 0.29) is 17.0 Å². The van der Waals surface area contributed by atoms with Crippen molar-refractivity contribution in [2.24, 2.45) is 5.90 Å². The van der Waals surface area contributed by atoms with E-state index in [0.29, 0.717) is 0 Å². The highest BCUT2D eigenvalue weighted by atomic mass is 31.3. The number of fused-ring (bicyclic) bond motifs is 1. The highest BCUT2D eigenvalue weighted by Crippen LogP contribution is 2.66. The second-order valence-corrected chi connectivity index (χ2v) is 10.6. The van der Waals surface area contributed by atoms with Crippen LogP contribution in [0.15, 0.2) is 12.7 Å². The Morgan fingerprint density at radius 3 is 2.30 bits per heavy atom. The molecular formula is C10H17N6O14P3. The van der Waals surface area contributed by atoms with Crippen LogP contribution in [0.4, 0.5) is 5.82 Å². The molecule has 0 bridgehead atoms. The van der Waals surface area contributed by atoms with Crippen molar-refractivity contribution in [3.63, 3.8) is 0 Å². The molecule has 2 aromatic heterocycles. The molecule has 20 nitrogen and oxygen atoms in total. The van der Waals surface area contributed by atoms with Crippen LogP contribution < -0.4 is 11.6 Å². The number of phosphoric ester groups is 1. The molecule has 3 heterocycles. The summed E-state index contributed by atoms with van der Waals surface area (Å²) in [6, 6.07) is 0. The molecule has 23 heteroatoms. The first-order valence-corrected chi connectivity index (χ1v) is 12.8. The van der Waals surface area contributed by atoms with Crippen molar-refractivity contribution in [1.29, 1.82) is 0 Å². The monoisotopic (exact) mass is 538 g/mol. The van der Waals surface area contributed by atoms with Gasteiger partial charge in [-0.1, -0.05) is 0 Å². The zero-order valence-corrected chi connectivity index (χ0v) is 18.5. The van der Waals surface area contributed by atoms with Crippen LogP contribution in [0.1, 0.15) is 6.23 Å². The van der Waals surface area contributed by atoms with Gasteiger partial charge in [-0.15, -0.1) is 0 Å². The van der Waals surface area contributed by atoms with Gasteiger partial charge in [0.05, 0.1) is 6.33 Å². The summed E-state index contributed by atoms with van der Waals surface area (Å²) in [6.07, 6.45) is -6.91.